The summed E-state index contributed by atoms with van der Waals surface area (Å²) >= 11 is 0. The minimum atomic E-state index is 0.246. The molecule has 0 aliphatic heterocycles. The van der Waals surface area contributed by atoms with Gasteiger partial charge in [-0.15, -0.1) is 0 Å². The van der Waals surface area contributed by atoms with Gasteiger partial charge in [0.15, 0.2) is 0 Å². The molecule has 0 fully saturated rings. The highest BCUT2D eigenvalue weighted by Gasteiger charge is 2.09. The van der Waals surface area contributed by atoms with Gasteiger partial charge in [-0.25, -0.2) is 0 Å². The lowest BCUT2D eigenvalue weighted by atomic mass is 10.1. The zero-order chi connectivity index (χ0) is 14.1. The van der Waals surface area contributed by atoms with Gasteiger partial charge in [0.05, 0.1) is 6.10 Å². The monoisotopic (exact) mass is 263 g/mol. The van der Waals surface area contributed by atoms with Crippen LogP contribution in [0.5, 0.6) is 5.75 Å². The van der Waals surface area contributed by atoms with E-state index >= 15 is 0 Å². The molecule has 0 spiro atoms. The average Bonchev–Trinajstić information content (AvgIpc) is 2.38. The summed E-state index contributed by atoms with van der Waals surface area (Å²) in [6.45, 7) is 9.72. The highest BCUT2D eigenvalue weighted by Crippen LogP contribution is 2.16. The van der Waals surface area contributed by atoms with E-state index in [0.29, 0.717) is 6.04 Å². The van der Waals surface area contributed by atoms with Crippen molar-refractivity contribution in [3.05, 3.63) is 29.8 Å². The molecule has 1 N–H and O–H groups in total. The van der Waals surface area contributed by atoms with Crippen LogP contribution in [0.3, 0.4) is 0 Å². The lowest BCUT2D eigenvalue weighted by molar-refractivity contribution is 0.196. The highest BCUT2D eigenvalue weighted by atomic mass is 16.5. The molecule has 0 saturated carbocycles. The third kappa shape index (κ3) is 6.63. The van der Waals surface area contributed by atoms with Crippen LogP contribution in [0.25, 0.3) is 0 Å². The van der Waals surface area contributed by atoms with Crippen molar-refractivity contribution in [1.29, 1.82) is 0 Å². The standard InChI is InChI=1S/C17H29NO/c1-5-7-8-16-9-11-17(12-10-16)19-15(4)13-14(3)18-6-2/h9-12,14-15,18H,5-8,13H2,1-4H3. The normalized spacial score (nSPS) is 14.1. The van der Waals surface area contributed by atoms with Crippen LogP contribution in [0.4, 0.5) is 0 Å². The Kier molecular flexibility index (Phi) is 7.57. The first-order chi connectivity index (χ1) is 9.15. The van der Waals surface area contributed by atoms with Gasteiger partial charge in [0.25, 0.3) is 0 Å². The van der Waals surface area contributed by atoms with E-state index < -0.39 is 0 Å². The largest absolute Gasteiger partial charge is 0.491 e. The fraction of sp³-hybridized carbons (Fsp3) is 0.647. The molecular formula is C17H29NO. The molecule has 0 aliphatic rings. The molecule has 0 aromatic heterocycles. The summed E-state index contributed by atoms with van der Waals surface area (Å²) in [6.07, 6.45) is 4.96. The van der Waals surface area contributed by atoms with E-state index in [9.17, 15) is 0 Å². The van der Waals surface area contributed by atoms with Gasteiger partial charge in [0.2, 0.25) is 0 Å². The molecule has 19 heavy (non-hydrogen) atoms. The maximum atomic E-state index is 5.95. The van der Waals surface area contributed by atoms with E-state index in [2.05, 4.69) is 57.3 Å². The second-order valence-corrected chi connectivity index (χ2v) is 5.37. The second-order valence-electron chi connectivity index (χ2n) is 5.37. The zero-order valence-electron chi connectivity index (χ0n) is 12.9. The molecule has 0 radical (unpaired) electrons. The fourth-order valence-electron chi connectivity index (χ4n) is 2.33. The van der Waals surface area contributed by atoms with E-state index in [-0.39, 0.29) is 6.10 Å². The Balaban J connectivity index is 2.39. The van der Waals surface area contributed by atoms with Crippen LogP contribution in [-0.4, -0.2) is 18.7 Å². The SMILES string of the molecule is CCCCc1ccc(OC(C)CC(C)NCC)cc1. The number of unbranched alkanes of at least 4 members (excludes halogenated alkanes) is 1. The van der Waals surface area contributed by atoms with Gasteiger partial charge in [-0.1, -0.05) is 32.4 Å². The zero-order valence-corrected chi connectivity index (χ0v) is 12.9. The summed E-state index contributed by atoms with van der Waals surface area (Å²) in [4.78, 5) is 0. The predicted molar refractivity (Wildman–Crippen MR) is 82.9 cm³/mol. The topological polar surface area (TPSA) is 21.3 Å². The molecule has 1 aromatic rings. The van der Waals surface area contributed by atoms with Gasteiger partial charge >= 0.3 is 0 Å². The van der Waals surface area contributed by atoms with Crippen molar-refractivity contribution in [3.8, 4) is 5.75 Å². The third-order valence-corrected chi connectivity index (χ3v) is 3.32. The molecule has 2 nitrogen and oxygen atoms in total. The number of nitrogens with one attached hydrogen (secondary N) is 1. The van der Waals surface area contributed by atoms with Crippen LogP contribution in [0.15, 0.2) is 24.3 Å². The number of hydrogen-bond donors (Lipinski definition) is 1. The summed E-state index contributed by atoms with van der Waals surface area (Å²) in [7, 11) is 0. The Labute approximate surface area is 118 Å². The van der Waals surface area contributed by atoms with Crippen molar-refractivity contribution >= 4 is 0 Å². The van der Waals surface area contributed by atoms with Gasteiger partial charge < -0.3 is 10.1 Å². The Morgan fingerprint density at radius 2 is 1.79 bits per heavy atom. The summed E-state index contributed by atoms with van der Waals surface area (Å²) in [5.41, 5.74) is 1.41. The average molecular weight is 263 g/mol. The van der Waals surface area contributed by atoms with Crippen molar-refractivity contribution in [1.82, 2.24) is 5.32 Å². The number of hydrogen-bond acceptors (Lipinski definition) is 2. The second kappa shape index (κ2) is 8.98. The minimum absolute atomic E-state index is 0.246. The Morgan fingerprint density at radius 1 is 1.11 bits per heavy atom. The molecule has 2 heteroatoms. The van der Waals surface area contributed by atoms with Crippen LogP contribution < -0.4 is 10.1 Å². The number of benzene rings is 1. The van der Waals surface area contributed by atoms with E-state index in [1.54, 1.807) is 0 Å². The highest BCUT2D eigenvalue weighted by molar-refractivity contribution is 5.27. The Bertz CT molecular complexity index is 334. The first-order valence-corrected chi connectivity index (χ1v) is 7.64. The van der Waals surface area contributed by atoms with Crippen LogP contribution in [0.1, 0.15) is 52.5 Å². The molecule has 108 valence electrons. The molecule has 0 amide bonds. The lowest BCUT2D eigenvalue weighted by Crippen LogP contribution is -2.30. The minimum Gasteiger partial charge on any atom is -0.491 e. The molecule has 0 bridgehead atoms. The van der Waals surface area contributed by atoms with E-state index in [1.807, 2.05) is 0 Å². The molecule has 0 heterocycles. The van der Waals surface area contributed by atoms with Gasteiger partial charge in [-0.2, -0.15) is 0 Å². The molecular weight excluding hydrogens is 234 g/mol. The number of ether oxygens (including phenoxy) is 1. The van der Waals surface area contributed by atoms with Gasteiger partial charge in [0, 0.05) is 6.04 Å². The fourth-order valence-corrected chi connectivity index (χ4v) is 2.33. The van der Waals surface area contributed by atoms with E-state index in [4.69, 9.17) is 4.74 Å². The quantitative estimate of drug-likeness (QED) is 0.721. The third-order valence-electron chi connectivity index (χ3n) is 3.32. The smallest absolute Gasteiger partial charge is 0.119 e. The first-order valence-electron chi connectivity index (χ1n) is 7.64. The molecule has 0 saturated heterocycles. The van der Waals surface area contributed by atoms with E-state index in [1.165, 1.54) is 24.8 Å². The Hall–Kier alpha value is -1.02. The van der Waals surface area contributed by atoms with E-state index in [0.717, 1.165) is 18.7 Å². The van der Waals surface area contributed by atoms with Gasteiger partial charge in [0.1, 0.15) is 5.75 Å². The summed E-state index contributed by atoms with van der Waals surface area (Å²) in [6, 6.07) is 9.07. The van der Waals surface area contributed by atoms with Crippen LogP contribution in [-0.2, 0) is 6.42 Å². The first kappa shape index (κ1) is 16.0. The molecule has 2 unspecified atom stereocenters. The number of rotatable bonds is 9. The van der Waals surface area contributed by atoms with Crippen LogP contribution >= 0.6 is 0 Å². The van der Waals surface area contributed by atoms with Crippen molar-refractivity contribution in [3.63, 3.8) is 0 Å². The lowest BCUT2D eigenvalue weighted by Gasteiger charge is -2.19. The summed E-state index contributed by atoms with van der Waals surface area (Å²) in [5.74, 6) is 0.983. The van der Waals surface area contributed by atoms with Crippen molar-refractivity contribution in [2.45, 2.75) is 65.5 Å². The molecule has 1 aromatic carbocycles. The summed E-state index contributed by atoms with van der Waals surface area (Å²) < 4.78 is 5.95. The van der Waals surface area contributed by atoms with Gasteiger partial charge in [-0.3, -0.25) is 0 Å². The van der Waals surface area contributed by atoms with Crippen LogP contribution in [0.2, 0.25) is 0 Å². The summed E-state index contributed by atoms with van der Waals surface area (Å²) in [5, 5.41) is 3.41. The van der Waals surface area contributed by atoms with Gasteiger partial charge in [-0.05, 0) is 57.4 Å². The van der Waals surface area contributed by atoms with Crippen molar-refractivity contribution in [2.24, 2.45) is 0 Å². The molecule has 2 atom stereocenters. The van der Waals surface area contributed by atoms with Crippen molar-refractivity contribution in [2.75, 3.05) is 6.54 Å². The van der Waals surface area contributed by atoms with Crippen molar-refractivity contribution < 1.29 is 4.74 Å². The Morgan fingerprint density at radius 3 is 2.37 bits per heavy atom. The maximum absolute atomic E-state index is 5.95. The van der Waals surface area contributed by atoms with Crippen LogP contribution in [0, 0.1) is 0 Å². The molecule has 1 rings (SSSR count). The number of aryl methyl sites for hydroxylation is 1. The maximum Gasteiger partial charge on any atom is 0.119 e. The molecule has 0 aliphatic carbocycles. The predicted octanol–water partition coefficient (Wildman–Crippen LogP) is 4.18.